The maximum absolute atomic E-state index is 14.2. The zero-order valence-electron chi connectivity index (χ0n) is 24.3. The van der Waals surface area contributed by atoms with Crippen LogP contribution in [0.15, 0.2) is 83.8 Å². The highest BCUT2D eigenvalue weighted by atomic mass is 32.2. The van der Waals surface area contributed by atoms with Crippen LogP contribution in [-0.2, 0) is 26.2 Å². The lowest BCUT2D eigenvalue weighted by molar-refractivity contribution is -0.140. The first-order chi connectivity index (χ1) is 19.7. The highest BCUT2D eigenvalue weighted by Crippen LogP contribution is 2.29. The van der Waals surface area contributed by atoms with Crippen molar-refractivity contribution in [2.45, 2.75) is 82.8 Å². The normalized spacial score (nSPS) is 14.7. The van der Waals surface area contributed by atoms with Crippen LogP contribution in [0.1, 0.15) is 62.1 Å². The Labute approximate surface area is 244 Å². The van der Waals surface area contributed by atoms with Gasteiger partial charge in [-0.3, -0.25) is 13.9 Å². The van der Waals surface area contributed by atoms with Crippen molar-refractivity contribution in [1.29, 1.82) is 0 Å². The van der Waals surface area contributed by atoms with Gasteiger partial charge in [0.1, 0.15) is 12.6 Å². The van der Waals surface area contributed by atoms with E-state index < -0.39 is 28.5 Å². The number of carbonyl (C=O) groups is 2. The number of carbonyl (C=O) groups excluding carboxylic acids is 2. The smallest absolute Gasteiger partial charge is 0.264 e. The Morgan fingerprint density at radius 3 is 2.15 bits per heavy atom. The van der Waals surface area contributed by atoms with Gasteiger partial charge in [0.05, 0.1) is 10.6 Å². The van der Waals surface area contributed by atoms with Crippen molar-refractivity contribution < 1.29 is 18.0 Å². The van der Waals surface area contributed by atoms with Crippen molar-refractivity contribution in [3.05, 3.63) is 95.6 Å². The van der Waals surface area contributed by atoms with Gasteiger partial charge in [0, 0.05) is 12.6 Å². The first kappa shape index (κ1) is 30.3. The van der Waals surface area contributed by atoms with E-state index in [0.717, 1.165) is 42.4 Å². The van der Waals surface area contributed by atoms with Crippen LogP contribution in [0, 0.1) is 13.8 Å². The van der Waals surface area contributed by atoms with Crippen LogP contribution in [0.3, 0.4) is 0 Å². The third kappa shape index (κ3) is 7.36. The van der Waals surface area contributed by atoms with Crippen LogP contribution in [0.2, 0.25) is 0 Å². The molecule has 4 rings (SSSR count). The first-order valence-electron chi connectivity index (χ1n) is 14.5. The van der Waals surface area contributed by atoms with E-state index in [9.17, 15) is 18.0 Å². The van der Waals surface area contributed by atoms with E-state index in [1.807, 2.05) is 57.2 Å². The average molecular weight is 576 g/mol. The van der Waals surface area contributed by atoms with Crippen molar-refractivity contribution in [2.75, 3.05) is 10.8 Å². The van der Waals surface area contributed by atoms with Gasteiger partial charge in [-0.05, 0) is 68.0 Å². The highest BCUT2D eigenvalue weighted by Gasteiger charge is 2.35. The fourth-order valence-electron chi connectivity index (χ4n) is 5.48. The van der Waals surface area contributed by atoms with Crippen molar-refractivity contribution in [3.8, 4) is 0 Å². The Hall–Kier alpha value is -3.65. The molecule has 1 aliphatic rings. The standard InChI is InChI=1S/C33H41N3O4S/c1-4-30(33(38)34-28-18-10-6-11-19-28)35(23-27-16-8-5-9-17-27)32(37)24-36(31-22-14-15-25(2)26(31)3)41(39,40)29-20-12-7-13-21-29/h5,7-9,12-17,20-22,28,30H,4,6,10-11,18-19,23-24H2,1-3H3,(H,34,38)/t30-/m0/s1. The van der Waals surface area contributed by atoms with E-state index in [1.165, 1.54) is 22.9 Å². The number of rotatable bonds is 11. The molecule has 1 aliphatic carbocycles. The summed E-state index contributed by atoms with van der Waals surface area (Å²) in [6.45, 7) is 5.43. The Morgan fingerprint density at radius 2 is 1.51 bits per heavy atom. The summed E-state index contributed by atoms with van der Waals surface area (Å²) < 4.78 is 29.2. The van der Waals surface area contributed by atoms with Gasteiger partial charge in [-0.2, -0.15) is 0 Å². The van der Waals surface area contributed by atoms with Crippen LogP contribution < -0.4 is 9.62 Å². The van der Waals surface area contributed by atoms with E-state index in [4.69, 9.17) is 0 Å². The lowest BCUT2D eigenvalue weighted by atomic mass is 9.95. The Balaban J connectivity index is 1.71. The Morgan fingerprint density at radius 1 is 0.878 bits per heavy atom. The number of aryl methyl sites for hydroxylation is 1. The molecule has 2 amide bonds. The fraction of sp³-hybridized carbons (Fsp3) is 0.394. The van der Waals surface area contributed by atoms with Crippen LogP contribution in [0.4, 0.5) is 5.69 Å². The molecule has 0 heterocycles. The number of amides is 2. The van der Waals surface area contributed by atoms with Gasteiger partial charge >= 0.3 is 0 Å². The number of benzene rings is 3. The second-order valence-electron chi connectivity index (χ2n) is 10.8. The summed E-state index contributed by atoms with van der Waals surface area (Å²) in [4.78, 5) is 29.5. The molecule has 8 heteroatoms. The second kappa shape index (κ2) is 13.8. The van der Waals surface area contributed by atoms with E-state index >= 15 is 0 Å². The average Bonchev–Trinajstić information content (AvgIpc) is 2.98. The summed E-state index contributed by atoms with van der Waals surface area (Å²) >= 11 is 0. The van der Waals surface area contributed by atoms with E-state index in [1.54, 1.807) is 35.2 Å². The topological polar surface area (TPSA) is 86.8 Å². The molecule has 0 radical (unpaired) electrons. The SMILES string of the molecule is CC[C@@H](C(=O)NC1CCCCC1)N(Cc1ccccc1)C(=O)CN(c1cccc(C)c1C)S(=O)(=O)c1ccccc1. The number of nitrogens with zero attached hydrogens (tertiary/aromatic N) is 2. The molecule has 41 heavy (non-hydrogen) atoms. The van der Waals surface area contributed by atoms with E-state index in [0.29, 0.717) is 12.1 Å². The van der Waals surface area contributed by atoms with Crippen LogP contribution in [0.25, 0.3) is 0 Å². The molecule has 1 N–H and O–H groups in total. The van der Waals surface area contributed by atoms with Crippen molar-refractivity contribution in [2.24, 2.45) is 0 Å². The van der Waals surface area contributed by atoms with Crippen molar-refractivity contribution in [3.63, 3.8) is 0 Å². The third-order valence-electron chi connectivity index (χ3n) is 7.99. The predicted octanol–water partition coefficient (Wildman–Crippen LogP) is 5.76. The molecule has 0 spiro atoms. The van der Waals surface area contributed by atoms with Crippen molar-refractivity contribution in [1.82, 2.24) is 10.2 Å². The van der Waals surface area contributed by atoms with E-state index in [-0.39, 0.29) is 23.4 Å². The molecule has 1 saturated carbocycles. The van der Waals surface area contributed by atoms with Gasteiger partial charge in [-0.25, -0.2) is 8.42 Å². The number of anilines is 1. The molecule has 0 unspecified atom stereocenters. The highest BCUT2D eigenvalue weighted by molar-refractivity contribution is 7.92. The first-order valence-corrected chi connectivity index (χ1v) is 15.9. The predicted molar refractivity (Wildman–Crippen MR) is 163 cm³/mol. The van der Waals surface area contributed by atoms with Crippen LogP contribution in [0.5, 0.6) is 0 Å². The summed E-state index contributed by atoms with van der Waals surface area (Å²) in [5.74, 6) is -0.618. The maximum atomic E-state index is 14.2. The molecule has 3 aromatic carbocycles. The molecule has 7 nitrogen and oxygen atoms in total. The summed E-state index contributed by atoms with van der Waals surface area (Å²) in [6, 6.07) is 22.5. The van der Waals surface area contributed by atoms with Gasteiger partial charge in [0.25, 0.3) is 10.0 Å². The molecule has 1 atom stereocenters. The van der Waals surface area contributed by atoms with Gasteiger partial charge in [0.2, 0.25) is 11.8 Å². The third-order valence-corrected chi connectivity index (χ3v) is 9.76. The summed E-state index contributed by atoms with van der Waals surface area (Å²) in [5, 5.41) is 3.18. The molecular weight excluding hydrogens is 534 g/mol. The second-order valence-corrected chi connectivity index (χ2v) is 12.7. The van der Waals surface area contributed by atoms with Crippen molar-refractivity contribution >= 4 is 27.5 Å². The van der Waals surface area contributed by atoms with E-state index in [2.05, 4.69) is 5.32 Å². The maximum Gasteiger partial charge on any atom is 0.264 e. The van der Waals surface area contributed by atoms with Gasteiger partial charge in [0.15, 0.2) is 0 Å². The van der Waals surface area contributed by atoms with Crippen LogP contribution in [-0.4, -0.2) is 43.8 Å². The Bertz CT molecular complexity index is 1420. The monoisotopic (exact) mass is 575 g/mol. The molecule has 0 aromatic heterocycles. The molecule has 0 bridgehead atoms. The van der Waals surface area contributed by atoms with Crippen LogP contribution >= 0.6 is 0 Å². The molecule has 3 aromatic rings. The number of nitrogens with one attached hydrogen (secondary N) is 1. The minimum absolute atomic E-state index is 0.101. The zero-order valence-corrected chi connectivity index (χ0v) is 25.1. The number of sulfonamides is 1. The Kier molecular flexibility index (Phi) is 10.2. The quantitative estimate of drug-likeness (QED) is 0.315. The van der Waals surface area contributed by atoms with Gasteiger partial charge in [-0.1, -0.05) is 86.8 Å². The largest absolute Gasteiger partial charge is 0.352 e. The molecular formula is C33H41N3O4S. The zero-order chi connectivity index (χ0) is 29.4. The summed E-state index contributed by atoms with van der Waals surface area (Å²) in [5.41, 5.74) is 3.01. The number of hydrogen-bond donors (Lipinski definition) is 1. The molecule has 0 aliphatic heterocycles. The summed E-state index contributed by atoms with van der Waals surface area (Å²) in [6.07, 6.45) is 5.61. The minimum Gasteiger partial charge on any atom is -0.352 e. The van der Waals surface area contributed by atoms with Gasteiger partial charge in [-0.15, -0.1) is 0 Å². The van der Waals surface area contributed by atoms with Gasteiger partial charge < -0.3 is 10.2 Å². The minimum atomic E-state index is -4.08. The lowest BCUT2D eigenvalue weighted by Gasteiger charge is -2.35. The summed E-state index contributed by atoms with van der Waals surface area (Å²) in [7, 11) is -4.08. The lowest BCUT2D eigenvalue weighted by Crippen LogP contribution is -2.54. The number of hydrogen-bond acceptors (Lipinski definition) is 4. The fourth-order valence-corrected chi connectivity index (χ4v) is 6.98. The molecule has 0 saturated heterocycles. The molecule has 1 fully saturated rings. The molecule has 218 valence electrons.